The molecule has 0 amide bonds. The molecule has 0 fully saturated rings. The van der Waals surface area contributed by atoms with Crippen molar-refractivity contribution in [3.63, 3.8) is 0 Å². The van der Waals surface area contributed by atoms with Crippen LogP contribution in [0.25, 0.3) is 0 Å². The molecule has 4 nitrogen and oxygen atoms in total. The Kier molecular flexibility index (Phi) is 7.13. The predicted octanol–water partition coefficient (Wildman–Crippen LogP) is 4.77. The fraction of sp³-hybridized carbons (Fsp3) is 0.125. The maximum Gasteiger partial charge on any atom is 0.331 e. The molecule has 4 heteroatoms. The van der Waals surface area contributed by atoms with Crippen molar-refractivity contribution >= 4 is 5.97 Å². The first kappa shape index (κ1) is 19.5. The summed E-state index contributed by atoms with van der Waals surface area (Å²) in [6, 6.07) is 28.0. The van der Waals surface area contributed by atoms with E-state index in [-0.39, 0.29) is 6.61 Å². The lowest BCUT2D eigenvalue weighted by Gasteiger charge is -2.23. The van der Waals surface area contributed by atoms with Crippen LogP contribution >= 0.6 is 0 Å². The maximum absolute atomic E-state index is 13.1. The Labute approximate surface area is 165 Å². The average Bonchev–Trinajstić information content (AvgIpc) is 2.77. The molecule has 0 bridgehead atoms. The summed E-state index contributed by atoms with van der Waals surface area (Å²) in [6.45, 7) is 3.90. The summed E-state index contributed by atoms with van der Waals surface area (Å²) in [5.41, 5.74) is 5.37. The first-order valence-electron chi connectivity index (χ1n) is 9.13. The predicted molar refractivity (Wildman–Crippen MR) is 109 cm³/mol. The second-order valence-corrected chi connectivity index (χ2v) is 6.20. The normalized spacial score (nSPS) is 11.8. The quantitative estimate of drug-likeness (QED) is 0.254. The van der Waals surface area contributed by atoms with Gasteiger partial charge in [0.2, 0.25) is 0 Å². The van der Waals surface area contributed by atoms with Crippen LogP contribution in [0.1, 0.15) is 28.8 Å². The number of hydrogen-bond acceptors (Lipinski definition) is 4. The third-order valence-electron chi connectivity index (χ3n) is 4.21. The lowest BCUT2D eigenvalue weighted by molar-refractivity contribution is -0.154. The zero-order valence-electron chi connectivity index (χ0n) is 15.5. The van der Waals surface area contributed by atoms with Crippen LogP contribution in [0, 0.1) is 0 Å². The summed E-state index contributed by atoms with van der Waals surface area (Å²) in [5, 5.41) is 0. The van der Waals surface area contributed by atoms with Gasteiger partial charge in [-0.15, -0.1) is 6.58 Å². The molecule has 142 valence electrons. The van der Waals surface area contributed by atoms with Crippen molar-refractivity contribution in [2.45, 2.75) is 12.1 Å². The number of esters is 1. The molecule has 0 aliphatic heterocycles. The van der Waals surface area contributed by atoms with Gasteiger partial charge < -0.3 is 4.74 Å². The summed E-state index contributed by atoms with van der Waals surface area (Å²) in [4.78, 5) is 18.4. The molecule has 0 aliphatic rings. The molecular weight excluding hydrogens is 350 g/mol. The van der Waals surface area contributed by atoms with Gasteiger partial charge in [-0.25, -0.2) is 4.79 Å². The number of ether oxygens (including phenoxy) is 1. The van der Waals surface area contributed by atoms with Gasteiger partial charge in [0.1, 0.15) is 0 Å². The highest BCUT2D eigenvalue weighted by molar-refractivity contribution is 5.78. The number of carbonyl (C=O) groups is 1. The fourth-order valence-corrected chi connectivity index (χ4v) is 2.86. The van der Waals surface area contributed by atoms with Crippen LogP contribution in [0.3, 0.4) is 0 Å². The van der Waals surface area contributed by atoms with E-state index < -0.39 is 18.1 Å². The first-order valence-corrected chi connectivity index (χ1v) is 9.13. The summed E-state index contributed by atoms with van der Waals surface area (Å²) in [5.74, 6) is -0.423. The number of benzene rings is 3. The summed E-state index contributed by atoms with van der Waals surface area (Å²) >= 11 is 0. The molecule has 3 aromatic carbocycles. The third kappa shape index (κ3) is 5.16. The molecule has 0 saturated carbocycles. The Morgan fingerprint density at radius 2 is 1.29 bits per heavy atom. The summed E-state index contributed by atoms with van der Waals surface area (Å²) in [7, 11) is 0. The fourth-order valence-electron chi connectivity index (χ4n) is 2.86. The Morgan fingerprint density at radius 3 is 1.75 bits per heavy atom. The van der Waals surface area contributed by atoms with Crippen molar-refractivity contribution in [3.05, 3.63) is 120 Å². The van der Waals surface area contributed by atoms with Gasteiger partial charge >= 0.3 is 5.97 Å². The smallest absolute Gasteiger partial charge is 0.331 e. The second-order valence-electron chi connectivity index (χ2n) is 6.20. The van der Waals surface area contributed by atoms with Gasteiger partial charge in [0.05, 0.1) is 6.61 Å². The van der Waals surface area contributed by atoms with Crippen LogP contribution in [0.15, 0.2) is 104 Å². The lowest BCUT2D eigenvalue weighted by Crippen LogP contribution is -2.31. The molecular formula is C24H23NO3. The topological polar surface area (TPSA) is 47.6 Å². The van der Waals surface area contributed by atoms with Crippen LogP contribution in [0.2, 0.25) is 0 Å². The van der Waals surface area contributed by atoms with Crippen LogP contribution in [-0.2, 0) is 14.4 Å². The summed E-state index contributed by atoms with van der Waals surface area (Å²) in [6.07, 6.45) is 1.10. The molecule has 0 spiro atoms. The van der Waals surface area contributed by atoms with E-state index in [0.717, 1.165) is 16.7 Å². The maximum atomic E-state index is 13.1. The number of nitrogens with one attached hydrogen (secondary N) is 1. The molecule has 1 unspecified atom stereocenters. The Balaban J connectivity index is 1.87. The van der Waals surface area contributed by atoms with Crippen LogP contribution in [0.4, 0.5) is 0 Å². The zero-order valence-corrected chi connectivity index (χ0v) is 15.5. The van der Waals surface area contributed by atoms with Gasteiger partial charge in [0.15, 0.2) is 12.1 Å². The van der Waals surface area contributed by atoms with E-state index >= 15 is 0 Å². The second kappa shape index (κ2) is 10.2. The van der Waals surface area contributed by atoms with Crippen LogP contribution in [0.5, 0.6) is 0 Å². The van der Waals surface area contributed by atoms with E-state index in [2.05, 4.69) is 12.1 Å². The summed E-state index contributed by atoms with van der Waals surface area (Å²) < 4.78 is 5.96. The minimum atomic E-state index is -0.754. The molecule has 1 N–H and O–H groups in total. The SMILES string of the molecule is C=CCONC(C(=O)OC(c1ccccc1)c1ccccc1)c1ccccc1. The molecule has 3 rings (SSSR count). The van der Waals surface area contributed by atoms with Crippen molar-refractivity contribution in [2.24, 2.45) is 0 Å². The van der Waals surface area contributed by atoms with Crippen molar-refractivity contribution in [1.82, 2.24) is 5.48 Å². The minimum absolute atomic E-state index is 0.275. The van der Waals surface area contributed by atoms with E-state index in [1.54, 1.807) is 6.08 Å². The third-order valence-corrected chi connectivity index (χ3v) is 4.21. The van der Waals surface area contributed by atoms with Crippen molar-refractivity contribution in [3.8, 4) is 0 Å². The number of hydroxylamine groups is 1. The van der Waals surface area contributed by atoms with E-state index in [1.165, 1.54) is 0 Å². The van der Waals surface area contributed by atoms with E-state index in [9.17, 15) is 4.79 Å². The van der Waals surface area contributed by atoms with Crippen LogP contribution in [-0.4, -0.2) is 12.6 Å². The van der Waals surface area contributed by atoms with Gasteiger partial charge in [-0.05, 0) is 16.7 Å². The Hall–Kier alpha value is -3.21. The lowest BCUT2D eigenvalue weighted by atomic mass is 10.0. The Bertz CT molecular complexity index is 827. The molecule has 3 aromatic rings. The monoisotopic (exact) mass is 373 g/mol. The van der Waals surface area contributed by atoms with Gasteiger partial charge in [-0.2, -0.15) is 5.48 Å². The largest absolute Gasteiger partial charge is 0.451 e. The molecule has 28 heavy (non-hydrogen) atoms. The minimum Gasteiger partial charge on any atom is -0.451 e. The first-order chi connectivity index (χ1) is 13.8. The number of rotatable bonds is 9. The Morgan fingerprint density at radius 1 is 0.821 bits per heavy atom. The molecule has 0 heterocycles. The zero-order chi connectivity index (χ0) is 19.6. The van der Waals surface area contributed by atoms with Crippen molar-refractivity contribution < 1.29 is 14.4 Å². The van der Waals surface area contributed by atoms with E-state index in [4.69, 9.17) is 9.57 Å². The van der Waals surface area contributed by atoms with E-state index in [0.29, 0.717) is 0 Å². The molecule has 0 radical (unpaired) electrons. The van der Waals surface area contributed by atoms with Crippen molar-refractivity contribution in [2.75, 3.05) is 6.61 Å². The van der Waals surface area contributed by atoms with Crippen molar-refractivity contribution in [1.29, 1.82) is 0 Å². The number of carbonyl (C=O) groups excluding carboxylic acids is 1. The van der Waals surface area contributed by atoms with Gasteiger partial charge in [-0.1, -0.05) is 97.1 Å². The highest BCUT2D eigenvalue weighted by Crippen LogP contribution is 2.28. The average molecular weight is 373 g/mol. The van der Waals surface area contributed by atoms with Gasteiger partial charge in [0, 0.05) is 0 Å². The van der Waals surface area contributed by atoms with Gasteiger partial charge in [0.25, 0.3) is 0 Å². The van der Waals surface area contributed by atoms with E-state index in [1.807, 2.05) is 91.0 Å². The molecule has 1 atom stereocenters. The molecule has 0 saturated heterocycles. The molecule has 0 aromatic heterocycles. The molecule has 0 aliphatic carbocycles. The number of hydrogen-bond donors (Lipinski definition) is 1. The van der Waals surface area contributed by atoms with Crippen LogP contribution < -0.4 is 5.48 Å². The standard InChI is InChI=1S/C24H23NO3/c1-2-18-27-25-22(19-12-6-3-7-13-19)24(26)28-23(20-14-8-4-9-15-20)21-16-10-5-11-17-21/h2-17,22-23,25H,1,18H2. The van der Waals surface area contributed by atoms with Gasteiger partial charge in [-0.3, -0.25) is 4.84 Å². The highest BCUT2D eigenvalue weighted by atomic mass is 16.6. The highest BCUT2D eigenvalue weighted by Gasteiger charge is 2.27.